The zero-order valence-electron chi connectivity index (χ0n) is 11.0. The molecule has 0 saturated heterocycles. The van der Waals surface area contributed by atoms with Gasteiger partial charge in [-0.15, -0.1) is 0 Å². The van der Waals surface area contributed by atoms with Gasteiger partial charge in [0.2, 0.25) is 5.95 Å². The van der Waals surface area contributed by atoms with Crippen molar-refractivity contribution in [3.63, 3.8) is 0 Å². The number of hydrogen-bond donors (Lipinski definition) is 1. The molecule has 9 heteroatoms. The predicted octanol–water partition coefficient (Wildman–Crippen LogP) is -0.737. The van der Waals surface area contributed by atoms with Crippen LogP contribution in [0.1, 0.15) is 5.69 Å². The molecule has 2 N–H and O–H groups in total. The molecule has 108 valence electrons. The molecule has 0 saturated carbocycles. The van der Waals surface area contributed by atoms with Crippen LogP contribution in [0.25, 0.3) is 0 Å². The average Bonchev–Trinajstić information content (AvgIpc) is 2.46. The number of esters is 2. The second-order valence-electron chi connectivity index (χ2n) is 3.61. The van der Waals surface area contributed by atoms with Crippen LogP contribution in [0, 0.1) is 0 Å². The first-order chi connectivity index (χ1) is 9.47. The molecule has 0 spiro atoms. The summed E-state index contributed by atoms with van der Waals surface area (Å²) in [5.74, 6) is -0.956. The minimum Gasteiger partial charge on any atom is -0.468 e. The molecule has 1 aromatic heterocycles. The van der Waals surface area contributed by atoms with Gasteiger partial charge in [-0.3, -0.25) is 9.59 Å². The van der Waals surface area contributed by atoms with Gasteiger partial charge in [0.05, 0.1) is 14.2 Å². The highest BCUT2D eigenvalue weighted by Crippen LogP contribution is 2.08. The van der Waals surface area contributed by atoms with E-state index < -0.39 is 11.9 Å². The van der Waals surface area contributed by atoms with Crippen molar-refractivity contribution in [2.45, 2.75) is 0 Å². The molecule has 20 heavy (non-hydrogen) atoms. The molecule has 1 aromatic rings. The Hall–Kier alpha value is -2.29. The number of rotatable bonds is 6. The number of methoxy groups -OCH3 is 2. The summed E-state index contributed by atoms with van der Waals surface area (Å²) in [7, 11) is 2.48. The Balaban J connectivity index is 3.02. The molecular formula is C11H14N4O4S. The Labute approximate surface area is 120 Å². The zero-order valence-corrected chi connectivity index (χ0v) is 11.8. The normalized spacial score (nSPS) is 9.70. The fraction of sp³-hybridized carbons (Fsp3) is 0.364. The summed E-state index contributed by atoms with van der Waals surface area (Å²) in [6, 6.07) is 1.53. The van der Waals surface area contributed by atoms with Crippen LogP contribution in [-0.4, -0.2) is 54.2 Å². The Bertz CT molecular complexity index is 505. The molecule has 0 unspecified atom stereocenters. The third kappa shape index (κ3) is 4.43. The summed E-state index contributed by atoms with van der Waals surface area (Å²) >= 11 is 4.82. The molecule has 8 nitrogen and oxygen atoms in total. The SMILES string of the molecule is COC(=O)CN(CC(=O)OC)c1nccc(C(N)=S)n1. The zero-order chi connectivity index (χ0) is 15.1. The van der Waals surface area contributed by atoms with Crippen LogP contribution < -0.4 is 10.6 Å². The lowest BCUT2D eigenvalue weighted by atomic mass is 10.4. The van der Waals surface area contributed by atoms with Gasteiger partial charge in [-0.2, -0.15) is 0 Å². The molecule has 0 fully saturated rings. The highest BCUT2D eigenvalue weighted by Gasteiger charge is 2.19. The number of aromatic nitrogens is 2. The maximum atomic E-state index is 11.4. The second-order valence-corrected chi connectivity index (χ2v) is 4.05. The van der Waals surface area contributed by atoms with E-state index >= 15 is 0 Å². The third-order valence-corrected chi connectivity index (χ3v) is 2.48. The Morgan fingerprint density at radius 2 is 1.85 bits per heavy atom. The number of nitrogens with two attached hydrogens (primary N) is 1. The summed E-state index contributed by atoms with van der Waals surface area (Å²) < 4.78 is 9.11. The van der Waals surface area contributed by atoms with Gasteiger partial charge in [-0.1, -0.05) is 12.2 Å². The van der Waals surface area contributed by atoms with E-state index in [-0.39, 0.29) is 24.0 Å². The summed E-state index contributed by atoms with van der Waals surface area (Å²) in [6.45, 7) is -0.404. The van der Waals surface area contributed by atoms with E-state index in [9.17, 15) is 9.59 Å². The lowest BCUT2D eigenvalue weighted by Gasteiger charge is -2.20. The Morgan fingerprint density at radius 3 is 2.30 bits per heavy atom. The number of ether oxygens (including phenoxy) is 2. The van der Waals surface area contributed by atoms with Crippen LogP contribution in [0.15, 0.2) is 12.3 Å². The molecule has 1 rings (SSSR count). The quantitative estimate of drug-likeness (QED) is 0.536. The van der Waals surface area contributed by atoms with Crippen molar-refractivity contribution in [3.8, 4) is 0 Å². The first kappa shape index (κ1) is 15.8. The number of carbonyl (C=O) groups excluding carboxylic acids is 2. The number of carbonyl (C=O) groups is 2. The van der Waals surface area contributed by atoms with Gasteiger partial charge in [0.1, 0.15) is 23.8 Å². The van der Waals surface area contributed by atoms with Gasteiger partial charge in [-0.25, -0.2) is 9.97 Å². The van der Waals surface area contributed by atoms with Crippen LogP contribution in [0.4, 0.5) is 5.95 Å². The van der Waals surface area contributed by atoms with Gasteiger partial charge in [-0.05, 0) is 6.07 Å². The molecule has 0 aliphatic carbocycles. The van der Waals surface area contributed by atoms with Crippen molar-refractivity contribution in [1.29, 1.82) is 0 Å². The number of nitrogens with zero attached hydrogens (tertiary/aromatic N) is 3. The van der Waals surface area contributed by atoms with Crippen LogP contribution in [-0.2, 0) is 19.1 Å². The second kappa shape index (κ2) is 7.34. The molecule has 0 aliphatic rings. The maximum Gasteiger partial charge on any atom is 0.325 e. The molecule has 1 heterocycles. The van der Waals surface area contributed by atoms with Crippen molar-refractivity contribution >= 4 is 35.1 Å². The predicted molar refractivity (Wildman–Crippen MR) is 74.2 cm³/mol. The smallest absolute Gasteiger partial charge is 0.325 e. The summed E-state index contributed by atoms with van der Waals surface area (Å²) in [5.41, 5.74) is 5.81. The lowest BCUT2D eigenvalue weighted by Crippen LogP contribution is -2.37. The highest BCUT2D eigenvalue weighted by molar-refractivity contribution is 7.80. The number of thiocarbonyl (C=S) groups is 1. The summed E-state index contributed by atoms with van der Waals surface area (Å²) in [4.78, 5) is 32.2. The number of hydrogen-bond acceptors (Lipinski definition) is 8. The number of anilines is 1. The van der Waals surface area contributed by atoms with E-state index in [0.717, 1.165) is 0 Å². The van der Waals surface area contributed by atoms with E-state index in [0.29, 0.717) is 5.69 Å². The van der Waals surface area contributed by atoms with Crippen LogP contribution in [0.3, 0.4) is 0 Å². The van der Waals surface area contributed by atoms with Gasteiger partial charge in [0.25, 0.3) is 0 Å². The molecule has 0 amide bonds. The third-order valence-electron chi connectivity index (χ3n) is 2.27. The van der Waals surface area contributed by atoms with E-state index in [2.05, 4.69) is 19.4 Å². The molecule has 0 bridgehead atoms. The van der Waals surface area contributed by atoms with Crippen molar-refractivity contribution in [3.05, 3.63) is 18.0 Å². The van der Waals surface area contributed by atoms with Crippen molar-refractivity contribution < 1.29 is 19.1 Å². The maximum absolute atomic E-state index is 11.4. The van der Waals surface area contributed by atoms with Crippen LogP contribution >= 0.6 is 12.2 Å². The Morgan fingerprint density at radius 1 is 1.30 bits per heavy atom. The molecular weight excluding hydrogens is 284 g/mol. The summed E-state index contributed by atoms with van der Waals surface area (Å²) in [6.07, 6.45) is 1.43. The minimum absolute atomic E-state index is 0.0877. The molecule has 0 aliphatic heterocycles. The van der Waals surface area contributed by atoms with E-state index in [1.807, 2.05) is 0 Å². The average molecular weight is 298 g/mol. The summed E-state index contributed by atoms with van der Waals surface area (Å²) in [5, 5.41) is 0. The van der Waals surface area contributed by atoms with Crippen LogP contribution in [0.5, 0.6) is 0 Å². The molecule has 0 atom stereocenters. The van der Waals surface area contributed by atoms with E-state index in [1.54, 1.807) is 0 Å². The highest BCUT2D eigenvalue weighted by atomic mass is 32.1. The van der Waals surface area contributed by atoms with E-state index in [1.165, 1.54) is 31.4 Å². The first-order valence-electron chi connectivity index (χ1n) is 5.49. The minimum atomic E-state index is -0.543. The van der Waals surface area contributed by atoms with E-state index in [4.69, 9.17) is 18.0 Å². The van der Waals surface area contributed by atoms with Crippen molar-refractivity contribution in [2.75, 3.05) is 32.2 Å². The van der Waals surface area contributed by atoms with Gasteiger partial charge in [0.15, 0.2) is 0 Å². The largest absolute Gasteiger partial charge is 0.468 e. The van der Waals surface area contributed by atoms with Crippen molar-refractivity contribution in [2.24, 2.45) is 5.73 Å². The van der Waals surface area contributed by atoms with Gasteiger partial charge in [0, 0.05) is 6.20 Å². The van der Waals surface area contributed by atoms with Crippen molar-refractivity contribution in [1.82, 2.24) is 9.97 Å². The molecule has 0 aromatic carbocycles. The molecule has 0 radical (unpaired) electrons. The first-order valence-corrected chi connectivity index (χ1v) is 5.90. The van der Waals surface area contributed by atoms with Gasteiger partial charge < -0.3 is 20.1 Å². The van der Waals surface area contributed by atoms with Crippen LogP contribution in [0.2, 0.25) is 0 Å². The topological polar surface area (TPSA) is 108 Å². The lowest BCUT2D eigenvalue weighted by molar-refractivity contribution is -0.140. The standard InChI is InChI=1S/C11H14N4O4S/c1-18-8(16)5-15(6-9(17)19-2)11-13-4-3-7(14-11)10(12)20/h3-4H,5-6H2,1-2H3,(H2,12,20). The Kier molecular flexibility index (Phi) is 5.78. The monoisotopic (exact) mass is 298 g/mol. The van der Waals surface area contributed by atoms with Gasteiger partial charge >= 0.3 is 11.9 Å². The fourth-order valence-electron chi connectivity index (χ4n) is 1.28. The fourth-order valence-corrected chi connectivity index (χ4v) is 1.39.